The van der Waals surface area contributed by atoms with Crippen molar-refractivity contribution in [3.8, 4) is 0 Å². The molecule has 0 saturated carbocycles. The molecule has 0 spiro atoms. The fraction of sp³-hybridized carbons (Fsp3) is 0.381. The van der Waals surface area contributed by atoms with E-state index in [1.165, 1.54) is 4.88 Å². The summed E-state index contributed by atoms with van der Waals surface area (Å²) < 4.78 is 1.94. The smallest absolute Gasteiger partial charge is 0.191 e. The predicted octanol–water partition coefficient (Wildman–Crippen LogP) is 2.86. The van der Waals surface area contributed by atoms with Crippen molar-refractivity contribution < 1.29 is 5.11 Å². The summed E-state index contributed by atoms with van der Waals surface area (Å²) in [6.45, 7) is 3.79. The Hall–Kier alpha value is -1.98. The van der Waals surface area contributed by atoms with Gasteiger partial charge in [0.15, 0.2) is 11.8 Å². The van der Waals surface area contributed by atoms with E-state index >= 15 is 0 Å². The fourth-order valence-electron chi connectivity index (χ4n) is 2.90. The lowest BCUT2D eigenvalue weighted by molar-refractivity contribution is 0.265. The Bertz CT molecular complexity index is 898. The highest BCUT2D eigenvalue weighted by atomic mass is 127. The van der Waals surface area contributed by atoms with Crippen LogP contribution in [0, 0.1) is 6.92 Å². The molecule has 0 bridgehead atoms. The van der Waals surface area contributed by atoms with Crippen LogP contribution < -0.4 is 10.6 Å². The molecule has 2 heterocycles. The Labute approximate surface area is 198 Å². The maximum absolute atomic E-state index is 9.82. The number of thiophene rings is 1. The zero-order chi connectivity index (χ0) is 20.5. The molecule has 0 fully saturated rings. The van der Waals surface area contributed by atoms with E-state index in [-0.39, 0.29) is 36.5 Å². The molecule has 0 saturated heterocycles. The molecule has 0 amide bonds. The second-order valence-corrected chi connectivity index (χ2v) is 7.85. The summed E-state index contributed by atoms with van der Waals surface area (Å²) in [6.07, 6.45) is 0.934. The van der Waals surface area contributed by atoms with Gasteiger partial charge in [-0.05, 0) is 30.4 Å². The van der Waals surface area contributed by atoms with Gasteiger partial charge in [-0.2, -0.15) is 0 Å². The van der Waals surface area contributed by atoms with E-state index in [0.29, 0.717) is 19.0 Å². The SMILES string of the molecule is Cc1nnc(CN=C(NCCc2cccs2)NCC(CO)c2ccccc2)n1C.I. The number of hydrogen-bond donors (Lipinski definition) is 3. The topological polar surface area (TPSA) is 87.4 Å². The number of benzene rings is 1. The Morgan fingerprint density at radius 1 is 1.17 bits per heavy atom. The number of aromatic nitrogens is 3. The summed E-state index contributed by atoms with van der Waals surface area (Å²) in [5.74, 6) is 2.37. The molecule has 3 N–H and O–H groups in total. The zero-order valence-electron chi connectivity index (χ0n) is 17.3. The van der Waals surface area contributed by atoms with Gasteiger partial charge in [-0.3, -0.25) is 0 Å². The van der Waals surface area contributed by atoms with Crippen LogP contribution in [0.5, 0.6) is 0 Å². The van der Waals surface area contributed by atoms with E-state index in [0.717, 1.165) is 30.2 Å². The molecule has 1 unspecified atom stereocenters. The average molecular weight is 540 g/mol. The van der Waals surface area contributed by atoms with Gasteiger partial charge in [-0.1, -0.05) is 36.4 Å². The van der Waals surface area contributed by atoms with Crippen molar-refractivity contribution in [3.63, 3.8) is 0 Å². The van der Waals surface area contributed by atoms with Gasteiger partial charge in [-0.15, -0.1) is 45.5 Å². The minimum absolute atomic E-state index is 0. The summed E-state index contributed by atoms with van der Waals surface area (Å²) in [4.78, 5) is 6.01. The minimum Gasteiger partial charge on any atom is -0.396 e. The molecular formula is C21H29IN6OS. The van der Waals surface area contributed by atoms with Gasteiger partial charge in [-0.25, -0.2) is 4.99 Å². The Kier molecular flexibility index (Phi) is 10.2. The van der Waals surface area contributed by atoms with Crippen LogP contribution in [0.1, 0.15) is 28.0 Å². The predicted molar refractivity (Wildman–Crippen MR) is 133 cm³/mol. The van der Waals surface area contributed by atoms with Gasteiger partial charge in [0.25, 0.3) is 0 Å². The van der Waals surface area contributed by atoms with Crippen LogP contribution in [0.15, 0.2) is 52.8 Å². The molecule has 9 heteroatoms. The fourth-order valence-corrected chi connectivity index (χ4v) is 3.61. The van der Waals surface area contributed by atoms with Crippen molar-refractivity contribution in [2.45, 2.75) is 25.8 Å². The van der Waals surface area contributed by atoms with E-state index in [1.54, 1.807) is 11.3 Å². The van der Waals surface area contributed by atoms with E-state index in [1.807, 2.05) is 48.9 Å². The number of hydrogen-bond acceptors (Lipinski definition) is 5. The lowest BCUT2D eigenvalue weighted by atomic mass is 10.0. The van der Waals surface area contributed by atoms with Gasteiger partial charge in [0.05, 0.1) is 6.61 Å². The highest BCUT2D eigenvalue weighted by Gasteiger charge is 2.12. The molecule has 30 heavy (non-hydrogen) atoms. The number of aryl methyl sites for hydroxylation is 1. The van der Waals surface area contributed by atoms with Crippen LogP contribution in [0.3, 0.4) is 0 Å². The zero-order valence-corrected chi connectivity index (χ0v) is 20.4. The van der Waals surface area contributed by atoms with Gasteiger partial charge in [0, 0.05) is 30.9 Å². The first-order chi connectivity index (χ1) is 14.2. The normalized spacial score (nSPS) is 12.3. The van der Waals surface area contributed by atoms with Gasteiger partial charge < -0.3 is 20.3 Å². The van der Waals surface area contributed by atoms with Crippen LogP contribution >= 0.6 is 35.3 Å². The molecule has 1 atom stereocenters. The lowest BCUT2D eigenvalue weighted by Crippen LogP contribution is -2.41. The second-order valence-electron chi connectivity index (χ2n) is 6.81. The van der Waals surface area contributed by atoms with Crippen molar-refractivity contribution in [3.05, 3.63) is 69.9 Å². The van der Waals surface area contributed by atoms with Crippen LogP contribution in [0.2, 0.25) is 0 Å². The van der Waals surface area contributed by atoms with Crippen LogP contribution in [-0.4, -0.2) is 45.5 Å². The summed E-state index contributed by atoms with van der Waals surface area (Å²) in [5, 5.41) is 26.9. The first-order valence-corrected chi connectivity index (χ1v) is 10.6. The Morgan fingerprint density at radius 2 is 1.97 bits per heavy atom. The molecular weight excluding hydrogens is 511 g/mol. The molecule has 3 aromatic rings. The molecule has 3 rings (SSSR count). The molecule has 2 aromatic heterocycles. The number of aliphatic hydroxyl groups excluding tert-OH is 1. The van der Waals surface area contributed by atoms with E-state index in [2.05, 4.69) is 43.3 Å². The van der Waals surface area contributed by atoms with Crippen LogP contribution in [-0.2, 0) is 20.0 Å². The number of halogens is 1. The molecule has 0 aliphatic carbocycles. The number of aliphatic hydroxyl groups is 1. The average Bonchev–Trinajstić information content (AvgIpc) is 3.37. The summed E-state index contributed by atoms with van der Waals surface area (Å²) in [6, 6.07) is 14.2. The van der Waals surface area contributed by atoms with E-state index in [9.17, 15) is 5.11 Å². The van der Waals surface area contributed by atoms with Gasteiger partial charge >= 0.3 is 0 Å². The largest absolute Gasteiger partial charge is 0.396 e. The number of guanidine groups is 1. The minimum atomic E-state index is -0.00225. The Balaban J connectivity index is 0.00000320. The number of nitrogens with zero attached hydrogens (tertiary/aromatic N) is 4. The third-order valence-electron chi connectivity index (χ3n) is 4.81. The number of rotatable bonds is 9. The van der Waals surface area contributed by atoms with Crippen molar-refractivity contribution >= 4 is 41.3 Å². The van der Waals surface area contributed by atoms with Crippen LogP contribution in [0.25, 0.3) is 0 Å². The Morgan fingerprint density at radius 3 is 2.60 bits per heavy atom. The van der Waals surface area contributed by atoms with Gasteiger partial charge in [0.1, 0.15) is 12.4 Å². The standard InChI is InChI=1S/C21H28N6OS.HI/c1-16-25-26-20(27(16)2)14-24-21(22-11-10-19-9-6-12-29-19)23-13-18(15-28)17-7-4-3-5-8-17;/h3-9,12,18,28H,10-11,13-15H2,1-2H3,(H2,22,23,24);1H. The van der Waals surface area contributed by atoms with E-state index in [4.69, 9.17) is 0 Å². The monoisotopic (exact) mass is 540 g/mol. The third kappa shape index (κ3) is 7.06. The third-order valence-corrected chi connectivity index (χ3v) is 5.75. The molecule has 0 radical (unpaired) electrons. The van der Waals surface area contributed by atoms with E-state index < -0.39 is 0 Å². The maximum Gasteiger partial charge on any atom is 0.191 e. The second kappa shape index (κ2) is 12.7. The molecule has 1 aromatic carbocycles. The maximum atomic E-state index is 9.82. The molecule has 7 nitrogen and oxygen atoms in total. The number of nitrogens with one attached hydrogen (secondary N) is 2. The first-order valence-electron chi connectivity index (χ1n) is 9.72. The summed E-state index contributed by atoms with van der Waals surface area (Å²) >= 11 is 1.75. The van der Waals surface area contributed by atoms with Crippen molar-refractivity contribution in [2.75, 3.05) is 19.7 Å². The van der Waals surface area contributed by atoms with Crippen molar-refractivity contribution in [1.82, 2.24) is 25.4 Å². The van der Waals surface area contributed by atoms with Crippen molar-refractivity contribution in [1.29, 1.82) is 0 Å². The molecule has 0 aliphatic heterocycles. The van der Waals surface area contributed by atoms with Crippen molar-refractivity contribution in [2.24, 2.45) is 12.0 Å². The summed E-state index contributed by atoms with van der Waals surface area (Å²) in [7, 11) is 1.94. The first kappa shape index (κ1) is 24.3. The number of aliphatic imine (C=N–C) groups is 1. The molecule has 162 valence electrons. The molecule has 0 aliphatic rings. The quantitative estimate of drug-likeness (QED) is 0.221. The highest BCUT2D eigenvalue weighted by molar-refractivity contribution is 14.0. The summed E-state index contributed by atoms with van der Waals surface area (Å²) in [5.41, 5.74) is 1.10. The van der Waals surface area contributed by atoms with Gasteiger partial charge in [0.2, 0.25) is 0 Å². The lowest BCUT2D eigenvalue weighted by Gasteiger charge is -2.18. The van der Waals surface area contributed by atoms with Crippen LogP contribution in [0.4, 0.5) is 0 Å². The highest BCUT2D eigenvalue weighted by Crippen LogP contribution is 2.13.